The zero-order valence-corrected chi connectivity index (χ0v) is 15.3. The summed E-state index contributed by atoms with van der Waals surface area (Å²) < 4.78 is 15.2. The fraction of sp³-hybridized carbons (Fsp3) is 0.278. The van der Waals surface area contributed by atoms with Gasteiger partial charge in [-0.3, -0.25) is 14.4 Å². The van der Waals surface area contributed by atoms with Gasteiger partial charge in [0.15, 0.2) is 12.4 Å². The maximum Gasteiger partial charge on any atom is 0.306 e. The topological polar surface area (TPSA) is 90.9 Å². The van der Waals surface area contributed by atoms with Crippen LogP contribution in [0.25, 0.3) is 0 Å². The SMILES string of the molecule is COc1ccc(OC)c(NC(=O)COC(=O)CCC(=O)c2cccs2)c1. The van der Waals surface area contributed by atoms with Crippen LogP contribution in [-0.4, -0.2) is 38.5 Å². The largest absolute Gasteiger partial charge is 0.497 e. The quantitative estimate of drug-likeness (QED) is 0.534. The molecule has 1 aromatic heterocycles. The molecule has 2 aromatic rings. The zero-order valence-electron chi connectivity index (χ0n) is 14.4. The highest BCUT2D eigenvalue weighted by atomic mass is 32.1. The summed E-state index contributed by atoms with van der Waals surface area (Å²) in [5, 5.41) is 4.39. The molecular formula is C18H19NO6S. The molecule has 0 unspecified atom stereocenters. The number of esters is 1. The average molecular weight is 377 g/mol. The molecule has 26 heavy (non-hydrogen) atoms. The number of anilines is 1. The molecule has 2 rings (SSSR count). The highest BCUT2D eigenvalue weighted by molar-refractivity contribution is 7.12. The first kappa shape index (κ1) is 19.5. The second kappa shape index (κ2) is 9.57. The lowest BCUT2D eigenvalue weighted by molar-refractivity contribution is -0.147. The number of rotatable bonds is 9. The Bertz CT molecular complexity index is 772. The summed E-state index contributed by atoms with van der Waals surface area (Å²) >= 11 is 1.32. The summed E-state index contributed by atoms with van der Waals surface area (Å²) in [6.45, 7) is -0.452. The fourth-order valence-corrected chi connectivity index (χ4v) is 2.79. The van der Waals surface area contributed by atoms with Crippen molar-refractivity contribution >= 4 is 34.7 Å². The number of hydrogen-bond acceptors (Lipinski definition) is 7. The third-order valence-corrected chi connectivity index (χ3v) is 4.31. The van der Waals surface area contributed by atoms with E-state index in [1.807, 2.05) is 0 Å². The van der Waals surface area contributed by atoms with Gasteiger partial charge >= 0.3 is 5.97 Å². The molecule has 0 fully saturated rings. The monoisotopic (exact) mass is 377 g/mol. The van der Waals surface area contributed by atoms with E-state index in [1.54, 1.807) is 35.7 Å². The van der Waals surface area contributed by atoms with Gasteiger partial charge in [0.2, 0.25) is 0 Å². The minimum atomic E-state index is -0.609. The zero-order chi connectivity index (χ0) is 18.9. The van der Waals surface area contributed by atoms with Gasteiger partial charge in [0.1, 0.15) is 11.5 Å². The van der Waals surface area contributed by atoms with Gasteiger partial charge in [-0.1, -0.05) is 6.07 Å². The number of carbonyl (C=O) groups excluding carboxylic acids is 3. The average Bonchev–Trinajstić information content (AvgIpc) is 3.19. The number of nitrogens with one attached hydrogen (secondary N) is 1. The third kappa shape index (κ3) is 5.59. The highest BCUT2D eigenvalue weighted by Crippen LogP contribution is 2.28. The minimum absolute atomic E-state index is 0.0463. The first-order valence-electron chi connectivity index (χ1n) is 7.77. The number of hydrogen-bond donors (Lipinski definition) is 1. The first-order chi connectivity index (χ1) is 12.5. The molecule has 1 heterocycles. The van der Waals surface area contributed by atoms with E-state index >= 15 is 0 Å². The van der Waals surface area contributed by atoms with Crippen LogP contribution in [-0.2, 0) is 14.3 Å². The Hall–Kier alpha value is -2.87. The maximum absolute atomic E-state index is 12.0. The Labute approximate surface area is 154 Å². The van der Waals surface area contributed by atoms with Gasteiger partial charge in [0.25, 0.3) is 5.91 Å². The Kier molecular flexibility index (Phi) is 7.16. The van der Waals surface area contributed by atoms with Gasteiger partial charge in [0.05, 0.1) is 31.2 Å². The molecule has 0 aliphatic rings. The number of ketones is 1. The van der Waals surface area contributed by atoms with Crippen LogP contribution >= 0.6 is 11.3 Å². The van der Waals surface area contributed by atoms with Crippen LogP contribution in [0.3, 0.4) is 0 Å². The van der Waals surface area contributed by atoms with Crippen LogP contribution in [0.4, 0.5) is 5.69 Å². The lowest BCUT2D eigenvalue weighted by Crippen LogP contribution is -2.21. The summed E-state index contributed by atoms with van der Waals surface area (Å²) in [5.41, 5.74) is 0.403. The van der Waals surface area contributed by atoms with Crippen molar-refractivity contribution in [3.8, 4) is 11.5 Å². The van der Waals surface area contributed by atoms with Crippen LogP contribution in [0, 0.1) is 0 Å². The second-order valence-electron chi connectivity index (χ2n) is 5.18. The number of amides is 1. The van der Waals surface area contributed by atoms with Crippen molar-refractivity contribution in [1.29, 1.82) is 0 Å². The van der Waals surface area contributed by atoms with Gasteiger partial charge in [-0.2, -0.15) is 0 Å². The first-order valence-corrected chi connectivity index (χ1v) is 8.65. The molecule has 0 aliphatic carbocycles. The van der Waals surface area contributed by atoms with Gasteiger partial charge in [0, 0.05) is 12.5 Å². The van der Waals surface area contributed by atoms with Crippen LogP contribution in [0.5, 0.6) is 11.5 Å². The van der Waals surface area contributed by atoms with E-state index in [0.717, 1.165) is 0 Å². The number of ether oxygens (including phenoxy) is 3. The molecular weight excluding hydrogens is 358 g/mol. The van der Waals surface area contributed by atoms with Crippen molar-refractivity contribution in [2.24, 2.45) is 0 Å². The molecule has 1 aromatic carbocycles. The van der Waals surface area contributed by atoms with Crippen LogP contribution < -0.4 is 14.8 Å². The van der Waals surface area contributed by atoms with Crippen LogP contribution in [0.2, 0.25) is 0 Å². The van der Waals surface area contributed by atoms with Crippen molar-refractivity contribution < 1.29 is 28.6 Å². The summed E-state index contributed by atoms with van der Waals surface area (Å²) in [4.78, 5) is 36.1. The number of carbonyl (C=O) groups is 3. The number of thiophene rings is 1. The van der Waals surface area contributed by atoms with E-state index in [0.29, 0.717) is 22.1 Å². The molecule has 138 valence electrons. The van der Waals surface area contributed by atoms with Crippen molar-refractivity contribution in [2.75, 3.05) is 26.1 Å². The van der Waals surface area contributed by atoms with Crippen molar-refractivity contribution in [3.63, 3.8) is 0 Å². The summed E-state index contributed by atoms with van der Waals surface area (Å²) in [6.07, 6.45) is -0.0306. The molecule has 0 bridgehead atoms. The van der Waals surface area contributed by atoms with E-state index in [-0.39, 0.29) is 18.6 Å². The normalized spacial score (nSPS) is 10.1. The fourth-order valence-electron chi connectivity index (χ4n) is 2.09. The third-order valence-electron chi connectivity index (χ3n) is 3.40. The van der Waals surface area contributed by atoms with Crippen LogP contribution in [0.15, 0.2) is 35.7 Å². The van der Waals surface area contributed by atoms with E-state index in [2.05, 4.69) is 5.32 Å². The minimum Gasteiger partial charge on any atom is -0.497 e. The predicted octanol–water partition coefficient (Wildman–Crippen LogP) is 2.91. The molecule has 0 atom stereocenters. The standard InChI is InChI=1S/C18H19NO6S/c1-23-12-5-7-15(24-2)13(10-12)19-17(21)11-25-18(22)8-6-14(20)16-4-3-9-26-16/h3-5,7,9-10H,6,8,11H2,1-2H3,(H,19,21). The smallest absolute Gasteiger partial charge is 0.306 e. The Balaban J connectivity index is 1.79. The van der Waals surface area contributed by atoms with Gasteiger partial charge in [-0.05, 0) is 23.6 Å². The molecule has 0 saturated carbocycles. The second-order valence-corrected chi connectivity index (χ2v) is 6.12. The molecule has 0 spiro atoms. The Morgan fingerprint density at radius 3 is 2.54 bits per heavy atom. The maximum atomic E-state index is 12.0. The van der Waals surface area contributed by atoms with E-state index < -0.39 is 18.5 Å². The predicted molar refractivity (Wildman–Crippen MR) is 97.0 cm³/mol. The summed E-state index contributed by atoms with van der Waals surface area (Å²) in [7, 11) is 2.98. The Morgan fingerprint density at radius 1 is 1.08 bits per heavy atom. The van der Waals surface area contributed by atoms with E-state index in [1.165, 1.54) is 25.6 Å². The number of Topliss-reactive ketones (excluding diaryl/α,β-unsaturated/α-hetero) is 1. The lowest BCUT2D eigenvalue weighted by atomic mass is 10.2. The summed E-state index contributed by atoms with van der Waals surface area (Å²) in [6, 6.07) is 8.41. The number of methoxy groups -OCH3 is 2. The van der Waals surface area contributed by atoms with Crippen molar-refractivity contribution in [3.05, 3.63) is 40.6 Å². The van der Waals surface area contributed by atoms with Gasteiger partial charge < -0.3 is 19.5 Å². The molecule has 0 saturated heterocycles. The lowest BCUT2D eigenvalue weighted by Gasteiger charge is -2.12. The van der Waals surface area contributed by atoms with Crippen molar-refractivity contribution in [1.82, 2.24) is 0 Å². The molecule has 0 radical (unpaired) electrons. The van der Waals surface area contributed by atoms with E-state index in [9.17, 15) is 14.4 Å². The number of benzene rings is 1. The van der Waals surface area contributed by atoms with Crippen LogP contribution in [0.1, 0.15) is 22.5 Å². The van der Waals surface area contributed by atoms with Gasteiger partial charge in [-0.15, -0.1) is 11.3 Å². The Morgan fingerprint density at radius 2 is 1.88 bits per heavy atom. The van der Waals surface area contributed by atoms with Gasteiger partial charge in [-0.25, -0.2) is 0 Å². The molecule has 7 nitrogen and oxygen atoms in total. The molecule has 0 aliphatic heterocycles. The summed E-state index contributed by atoms with van der Waals surface area (Å²) in [5.74, 6) is -0.253. The molecule has 1 N–H and O–H groups in total. The highest BCUT2D eigenvalue weighted by Gasteiger charge is 2.14. The molecule has 1 amide bonds. The van der Waals surface area contributed by atoms with E-state index in [4.69, 9.17) is 14.2 Å². The molecule has 8 heteroatoms. The van der Waals surface area contributed by atoms with Crippen molar-refractivity contribution in [2.45, 2.75) is 12.8 Å².